The molecule has 0 aliphatic carbocycles. The summed E-state index contributed by atoms with van der Waals surface area (Å²) in [6, 6.07) is 16.0. The standard InChI is InChI=1S/C21H19BrN2O/c1-13-12-24-10-9-18(13)16-5-8-19(21(23)25)20(11-16)14(2)15-3-6-17(22)7-4-15/h3-12,14H,1-2H3,(H2,23,25)/t14-/m1/s1. The molecule has 0 bridgehead atoms. The third-order valence-electron chi connectivity index (χ3n) is 4.48. The zero-order chi connectivity index (χ0) is 18.0. The number of carbonyl (C=O) groups excluding carboxylic acids is 1. The number of pyridine rings is 1. The molecule has 1 atom stereocenters. The fraction of sp³-hybridized carbons (Fsp3) is 0.143. The van der Waals surface area contributed by atoms with Crippen LogP contribution in [0.1, 0.15) is 39.9 Å². The Balaban J connectivity index is 2.12. The number of amides is 1. The molecule has 2 N–H and O–H groups in total. The van der Waals surface area contributed by atoms with E-state index in [4.69, 9.17) is 5.73 Å². The number of rotatable bonds is 4. The van der Waals surface area contributed by atoms with Crippen LogP contribution < -0.4 is 5.73 Å². The molecule has 0 spiro atoms. The summed E-state index contributed by atoms with van der Waals surface area (Å²) in [7, 11) is 0. The van der Waals surface area contributed by atoms with Gasteiger partial charge in [-0.25, -0.2) is 0 Å². The summed E-state index contributed by atoms with van der Waals surface area (Å²) in [6.07, 6.45) is 3.62. The summed E-state index contributed by atoms with van der Waals surface area (Å²) in [4.78, 5) is 16.1. The molecule has 126 valence electrons. The van der Waals surface area contributed by atoms with Crippen molar-refractivity contribution in [1.29, 1.82) is 0 Å². The highest BCUT2D eigenvalue weighted by Gasteiger charge is 2.17. The molecule has 1 amide bonds. The van der Waals surface area contributed by atoms with Crippen molar-refractivity contribution in [3.8, 4) is 11.1 Å². The first kappa shape index (κ1) is 17.4. The fourth-order valence-corrected chi connectivity index (χ4v) is 3.31. The first-order valence-corrected chi connectivity index (χ1v) is 8.87. The molecule has 3 aromatic rings. The molecule has 3 nitrogen and oxygen atoms in total. The number of nitrogens with zero attached hydrogens (tertiary/aromatic N) is 1. The predicted octanol–water partition coefficient (Wildman–Crippen LogP) is 5.07. The lowest BCUT2D eigenvalue weighted by molar-refractivity contribution is 0.0999. The van der Waals surface area contributed by atoms with E-state index in [1.807, 2.05) is 43.5 Å². The molecular weight excluding hydrogens is 376 g/mol. The second-order valence-corrected chi connectivity index (χ2v) is 7.05. The minimum Gasteiger partial charge on any atom is -0.366 e. The lowest BCUT2D eigenvalue weighted by Gasteiger charge is -2.18. The smallest absolute Gasteiger partial charge is 0.248 e. The van der Waals surface area contributed by atoms with Crippen LogP contribution in [0.25, 0.3) is 11.1 Å². The zero-order valence-electron chi connectivity index (χ0n) is 14.2. The van der Waals surface area contributed by atoms with Crippen LogP contribution >= 0.6 is 15.9 Å². The second kappa shape index (κ2) is 7.19. The maximum absolute atomic E-state index is 11.9. The number of hydrogen-bond acceptors (Lipinski definition) is 2. The van der Waals surface area contributed by atoms with Crippen LogP contribution in [0.4, 0.5) is 0 Å². The van der Waals surface area contributed by atoms with Gasteiger partial charge in [0.1, 0.15) is 0 Å². The van der Waals surface area contributed by atoms with Gasteiger partial charge in [-0.2, -0.15) is 0 Å². The number of carbonyl (C=O) groups is 1. The van der Waals surface area contributed by atoms with Crippen LogP contribution in [0, 0.1) is 6.92 Å². The molecule has 0 saturated heterocycles. The van der Waals surface area contributed by atoms with E-state index in [1.54, 1.807) is 6.20 Å². The van der Waals surface area contributed by atoms with Gasteiger partial charge in [-0.15, -0.1) is 0 Å². The van der Waals surface area contributed by atoms with Gasteiger partial charge in [-0.3, -0.25) is 9.78 Å². The second-order valence-electron chi connectivity index (χ2n) is 6.13. The van der Waals surface area contributed by atoms with E-state index in [-0.39, 0.29) is 5.92 Å². The Bertz CT molecular complexity index is 919. The summed E-state index contributed by atoms with van der Waals surface area (Å²) >= 11 is 3.46. The number of halogens is 1. The minimum atomic E-state index is -0.406. The molecule has 25 heavy (non-hydrogen) atoms. The van der Waals surface area contributed by atoms with Crippen molar-refractivity contribution in [2.24, 2.45) is 5.73 Å². The SMILES string of the molecule is Cc1cnccc1-c1ccc(C(N)=O)c([C@H](C)c2ccc(Br)cc2)c1. The largest absolute Gasteiger partial charge is 0.366 e. The predicted molar refractivity (Wildman–Crippen MR) is 105 cm³/mol. The third kappa shape index (κ3) is 3.64. The summed E-state index contributed by atoms with van der Waals surface area (Å²) < 4.78 is 1.03. The van der Waals surface area contributed by atoms with Gasteiger partial charge in [0.05, 0.1) is 0 Å². The van der Waals surface area contributed by atoms with Gasteiger partial charge >= 0.3 is 0 Å². The van der Waals surface area contributed by atoms with Gasteiger partial charge in [0.25, 0.3) is 0 Å². The normalized spacial score (nSPS) is 12.0. The quantitative estimate of drug-likeness (QED) is 0.671. The molecule has 0 aliphatic heterocycles. The van der Waals surface area contributed by atoms with Crippen LogP contribution in [-0.4, -0.2) is 10.9 Å². The van der Waals surface area contributed by atoms with Crippen LogP contribution in [0.15, 0.2) is 65.4 Å². The van der Waals surface area contributed by atoms with E-state index in [9.17, 15) is 4.79 Å². The summed E-state index contributed by atoms with van der Waals surface area (Å²) in [6.45, 7) is 4.12. The van der Waals surface area contributed by atoms with Gasteiger partial charge in [-0.05, 0) is 65.1 Å². The first-order chi connectivity index (χ1) is 12.0. The maximum Gasteiger partial charge on any atom is 0.248 e. The van der Waals surface area contributed by atoms with E-state index in [1.165, 1.54) is 0 Å². The van der Waals surface area contributed by atoms with Crippen molar-refractivity contribution in [1.82, 2.24) is 4.98 Å². The highest BCUT2D eigenvalue weighted by Crippen LogP contribution is 2.32. The van der Waals surface area contributed by atoms with Gasteiger partial charge < -0.3 is 5.73 Å². The third-order valence-corrected chi connectivity index (χ3v) is 5.01. The van der Waals surface area contributed by atoms with Crippen molar-refractivity contribution in [3.05, 3.63) is 87.7 Å². The molecule has 0 saturated carbocycles. The maximum atomic E-state index is 11.9. The Morgan fingerprint density at radius 3 is 2.48 bits per heavy atom. The molecular formula is C21H19BrN2O. The molecule has 4 heteroatoms. The van der Waals surface area contributed by atoms with E-state index in [0.29, 0.717) is 5.56 Å². The first-order valence-electron chi connectivity index (χ1n) is 8.07. The Morgan fingerprint density at radius 1 is 1.12 bits per heavy atom. The Morgan fingerprint density at radius 2 is 1.84 bits per heavy atom. The van der Waals surface area contributed by atoms with Gasteiger partial charge in [-0.1, -0.05) is 41.1 Å². The zero-order valence-corrected chi connectivity index (χ0v) is 15.7. The summed E-state index contributed by atoms with van der Waals surface area (Å²) in [5.41, 5.74) is 11.5. The van der Waals surface area contributed by atoms with E-state index in [0.717, 1.165) is 32.3 Å². The van der Waals surface area contributed by atoms with Crippen LogP contribution in [-0.2, 0) is 0 Å². The van der Waals surface area contributed by atoms with Gasteiger partial charge in [0, 0.05) is 28.3 Å². The van der Waals surface area contributed by atoms with Gasteiger partial charge in [0.2, 0.25) is 5.91 Å². The number of benzene rings is 2. The van der Waals surface area contributed by atoms with Crippen molar-refractivity contribution >= 4 is 21.8 Å². The summed E-state index contributed by atoms with van der Waals surface area (Å²) in [5, 5.41) is 0. The van der Waals surface area contributed by atoms with Crippen molar-refractivity contribution < 1.29 is 4.79 Å². The topological polar surface area (TPSA) is 56.0 Å². The monoisotopic (exact) mass is 394 g/mol. The number of primary amides is 1. The Hall–Kier alpha value is -2.46. The molecule has 1 heterocycles. The molecule has 3 rings (SSSR count). The molecule has 0 aliphatic rings. The van der Waals surface area contributed by atoms with Crippen LogP contribution in [0.5, 0.6) is 0 Å². The average Bonchev–Trinajstić information content (AvgIpc) is 2.61. The number of aryl methyl sites for hydroxylation is 1. The average molecular weight is 395 g/mol. The highest BCUT2D eigenvalue weighted by atomic mass is 79.9. The molecule has 1 aromatic heterocycles. The molecule has 0 fully saturated rings. The molecule has 2 aromatic carbocycles. The van der Waals surface area contributed by atoms with Crippen LogP contribution in [0.3, 0.4) is 0 Å². The minimum absolute atomic E-state index is 0.0534. The molecule has 0 radical (unpaired) electrons. The lowest BCUT2D eigenvalue weighted by Crippen LogP contribution is -2.15. The van der Waals surface area contributed by atoms with Crippen LogP contribution in [0.2, 0.25) is 0 Å². The van der Waals surface area contributed by atoms with Gasteiger partial charge in [0.15, 0.2) is 0 Å². The lowest BCUT2D eigenvalue weighted by atomic mass is 9.87. The van der Waals surface area contributed by atoms with Crippen molar-refractivity contribution in [2.45, 2.75) is 19.8 Å². The Labute approximate surface area is 156 Å². The van der Waals surface area contributed by atoms with E-state index < -0.39 is 5.91 Å². The summed E-state index contributed by atoms with van der Waals surface area (Å²) in [5.74, 6) is -0.352. The molecule has 0 unspecified atom stereocenters. The van der Waals surface area contributed by atoms with E-state index >= 15 is 0 Å². The number of nitrogens with two attached hydrogens (primary N) is 1. The number of aromatic nitrogens is 1. The van der Waals surface area contributed by atoms with Crippen molar-refractivity contribution in [3.63, 3.8) is 0 Å². The fourth-order valence-electron chi connectivity index (χ4n) is 3.04. The van der Waals surface area contributed by atoms with E-state index in [2.05, 4.69) is 46.0 Å². The Kier molecular flexibility index (Phi) is 5.00. The number of hydrogen-bond donors (Lipinski definition) is 1. The highest BCUT2D eigenvalue weighted by molar-refractivity contribution is 9.10. The van der Waals surface area contributed by atoms with Crippen molar-refractivity contribution in [2.75, 3.05) is 0 Å².